The smallest absolute Gasteiger partial charge is 0.0422 e. The predicted molar refractivity (Wildman–Crippen MR) is 93.5 cm³/mol. The minimum Gasteiger partial charge on any atom is -0.382 e. The van der Waals surface area contributed by atoms with Crippen molar-refractivity contribution >= 4 is 32.4 Å². The first-order valence-corrected chi connectivity index (χ1v) is 8.45. The number of anilines is 1. The van der Waals surface area contributed by atoms with Crippen LogP contribution < -0.4 is 5.32 Å². The lowest BCUT2D eigenvalue weighted by molar-refractivity contribution is 0.594. The van der Waals surface area contributed by atoms with Gasteiger partial charge in [-0.1, -0.05) is 72.8 Å². The van der Waals surface area contributed by atoms with E-state index < -0.39 is 0 Å². The van der Waals surface area contributed by atoms with Gasteiger partial charge in [0.2, 0.25) is 0 Å². The summed E-state index contributed by atoms with van der Waals surface area (Å²) in [5.41, 5.74) is 1.24. The molecule has 0 aliphatic carbocycles. The van der Waals surface area contributed by atoms with Gasteiger partial charge < -0.3 is 5.32 Å². The van der Waals surface area contributed by atoms with Crippen molar-refractivity contribution in [1.82, 2.24) is 0 Å². The highest BCUT2D eigenvalue weighted by molar-refractivity contribution is 9.10. The van der Waals surface area contributed by atoms with Crippen molar-refractivity contribution < 1.29 is 0 Å². The summed E-state index contributed by atoms with van der Waals surface area (Å²) in [6.45, 7) is 4.54. The third-order valence-corrected chi connectivity index (χ3v) is 4.45. The van der Waals surface area contributed by atoms with Crippen molar-refractivity contribution in [2.24, 2.45) is 0 Å². The van der Waals surface area contributed by atoms with Gasteiger partial charge in [0, 0.05) is 21.6 Å². The quantitative estimate of drug-likeness (QED) is 0.580. The highest BCUT2D eigenvalue weighted by Gasteiger charge is 2.07. The van der Waals surface area contributed by atoms with Crippen LogP contribution >= 0.6 is 15.9 Å². The molecule has 0 heterocycles. The molecule has 1 unspecified atom stereocenters. The van der Waals surface area contributed by atoms with E-state index in [0.717, 1.165) is 4.47 Å². The first-order chi connectivity index (χ1) is 9.72. The monoisotopic (exact) mass is 333 g/mol. The van der Waals surface area contributed by atoms with E-state index in [-0.39, 0.29) is 0 Å². The standard InChI is InChI=1S/C18H24BrN/c1-3-4-5-6-9-14(2)20-18-13-12-17(19)15-10-7-8-11-16(15)18/h7-8,10-14,20H,3-6,9H2,1-2H3. The molecule has 2 heteroatoms. The van der Waals surface area contributed by atoms with E-state index >= 15 is 0 Å². The molecule has 0 fully saturated rings. The van der Waals surface area contributed by atoms with Crippen LogP contribution in [0.3, 0.4) is 0 Å². The topological polar surface area (TPSA) is 12.0 Å². The summed E-state index contributed by atoms with van der Waals surface area (Å²) in [5, 5.41) is 6.24. The average molecular weight is 334 g/mol. The van der Waals surface area contributed by atoms with Crippen LogP contribution in [0.4, 0.5) is 5.69 Å². The van der Waals surface area contributed by atoms with Crippen molar-refractivity contribution in [2.45, 2.75) is 52.0 Å². The third kappa shape index (κ3) is 3.99. The SMILES string of the molecule is CCCCCCC(C)Nc1ccc(Br)c2ccccc12. The highest BCUT2D eigenvalue weighted by Crippen LogP contribution is 2.30. The minimum atomic E-state index is 0.524. The van der Waals surface area contributed by atoms with Crippen molar-refractivity contribution in [1.29, 1.82) is 0 Å². The lowest BCUT2D eigenvalue weighted by Crippen LogP contribution is -2.15. The second-order valence-electron chi connectivity index (χ2n) is 5.54. The second kappa shape index (κ2) is 7.68. The van der Waals surface area contributed by atoms with Crippen molar-refractivity contribution in [3.8, 4) is 0 Å². The van der Waals surface area contributed by atoms with E-state index in [4.69, 9.17) is 0 Å². The second-order valence-corrected chi connectivity index (χ2v) is 6.39. The largest absolute Gasteiger partial charge is 0.382 e. The fourth-order valence-electron chi connectivity index (χ4n) is 2.60. The van der Waals surface area contributed by atoms with Crippen LogP contribution in [0.5, 0.6) is 0 Å². The van der Waals surface area contributed by atoms with Crippen LogP contribution in [-0.2, 0) is 0 Å². The maximum atomic E-state index is 3.67. The molecule has 2 aromatic rings. The molecule has 2 aromatic carbocycles. The Labute approximate surface area is 130 Å². The highest BCUT2D eigenvalue weighted by atomic mass is 79.9. The molecule has 0 radical (unpaired) electrons. The molecule has 1 atom stereocenters. The molecular formula is C18H24BrN. The van der Waals surface area contributed by atoms with E-state index in [1.165, 1.54) is 48.6 Å². The van der Waals surface area contributed by atoms with Crippen LogP contribution in [0.1, 0.15) is 46.0 Å². The Bertz CT molecular complexity index is 550. The number of hydrogen-bond donors (Lipinski definition) is 1. The molecule has 0 spiro atoms. The Morgan fingerprint density at radius 2 is 1.75 bits per heavy atom. The van der Waals surface area contributed by atoms with Crippen LogP contribution in [-0.4, -0.2) is 6.04 Å². The third-order valence-electron chi connectivity index (χ3n) is 3.76. The number of halogens is 1. The zero-order valence-corrected chi connectivity index (χ0v) is 14.0. The number of benzene rings is 2. The lowest BCUT2D eigenvalue weighted by Gasteiger charge is -2.17. The number of nitrogens with one attached hydrogen (secondary N) is 1. The molecular weight excluding hydrogens is 310 g/mol. The Morgan fingerprint density at radius 3 is 2.50 bits per heavy atom. The molecule has 20 heavy (non-hydrogen) atoms. The van der Waals surface area contributed by atoms with Gasteiger partial charge in [0.1, 0.15) is 0 Å². The summed E-state index contributed by atoms with van der Waals surface area (Å²) >= 11 is 3.63. The Hall–Kier alpha value is -1.02. The van der Waals surface area contributed by atoms with E-state index in [1.807, 2.05) is 0 Å². The fourth-order valence-corrected chi connectivity index (χ4v) is 3.08. The lowest BCUT2D eigenvalue weighted by atomic mass is 10.1. The summed E-state index contributed by atoms with van der Waals surface area (Å²) in [7, 11) is 0. The average Bonchev–Trinajstić information content (AvgIpc) is 2.47. The molecule has 0 aliphatic heterocycles. The summed E-state index contributed by atoms with van der Waals surface area (Å²) in [6, 6.07) is 13.4. The molecule has 0 saturated heterocycles. The van der Waals surface area contributed by atoms with E-state index in [9.17, 15) is 0 Å². The van der Waals surface area contributed by atoms with Gasteiger partial charge in [-0.2, -0.15) is 0 Å². The summed E-state index contributed by atoms with van der Waals surface area (Å²) in [6.07, 6.45) is 6.57. The van der Waals surface area contributed by atoms with Crippen LogP contribution in [0.15, 0.2) is 40.9 Å². The van der Waals surface area contributed by atoms with Crippen molar-refractivity contribution in [3.63, 3.8) is 0 Å². The normalized spacial score (nSPS) is 12.6. The number of fused-ring (bicyclic) bond motifs is 1. The maximum Gasteiger partial charge on any atom is 0.0422 e. The molecule has 0 amide bonds. The predicted octanol–water partition coefficient (Wildman–Crippen LogP) is 6.37. The van der Waals surface area contributed by atoms with Gasteiger partial charge in [0.15, 0.2) is 0 Å². The Balaban J connectivity index is 2.04. The molecule has 0 aliphatic rings. The zero-order valence-electron chi connectivity index (χ0n) is 12.5. The Kier molecular flexibility index (Phi) is 5.90. The molecule has 0 aromatic heterocycles. The summed E-state index contributed by atoms with van der Waals surface area (Å²) < 4.78 is 1.16. The molecule has 0 bridgehead atoms. The van der Waals surface area contributed by atoms with Gasteiger partial charge in [-0.25, -0.2) is 0 Å². The molecule has 1 N–H and O–H groups in total. The summed E-state index contributed by atoms with van der Waals surface area (Å²) in [5.74, 6) is 0. The van der Waals surface area contributed by atoms with E-state index in [2.05, 4.69) is 71.5 Å². The Morgan fingerprint density at radius 1 is 1.00 bits per heavy atom. The molecule has 108 valence electrons. The maximum absolute atomic E-state index is 3.67. The molecule has 1 nitrogen and oxygen atoms in total. The summed E-state index contributed by atoms with van der Waals surface area (Å²) in [4.78, 5) is 0. The van der Waals surface area contributed by atoms with Gasteiger partial charge in [-0.3, -0.25) is 0 Å². The molecule has 2 rings (SSSR count). The zero-order chi connectivity index (χ0) is 14.4. The number of unbranched alkanes of at least 4 members (excludes halogenated alkanes) is 3. The van der Waals surface area contributed by atoms with Crippen LogP contribution in [0, 0.1) is 0 Å². The van der Waals surface area contributed by atoms with Gasteiger partial charge in [0.25, 0.3) is 0 Å². The van der Waals surface area contributed by atoms with Crippen LogP contribution in [0.2, 0.25) is 0 Å². The first kappa shape index (κ1) is 15.4. The van der Waals surface area contributed by atoms with Gasteiger partial charge >= 0.3 is 0 Å². The van der Waals surface area contributed by atoms with Gasteiger partial charge in [-0.15, -0.1) is 0 Å². The fraction of sp³-hybridized carbons (Fsp3) is 0.444. The molecule has 0 saturated carbocycles. The van der Waals surface area contributed by atoms with Crippen LogP contribution in [0.25, 0.3) is 10.8 Å². The van der Waals surface area contributed by atoms with Crippen molar-refractivity contribution in [3.05, 3.63) is 40.9 Å². The number of rotatable bonds is 7. The first-order valence-electron chi connectivity index (χ1n) is 7.66. The number of hydrogen-bond acceptors (Lipinski definition) is 1. The minimum absolute atomic E-state index is 0.524. The van der Waals surface area contributed by atoms with Gasteiger partial charge in [-0.05, 0) is 30.9 Å². The van der Waals surface area contributed by atoms with Gasteiger partial charge in [0.05, 0.1) is 0 Å². The van der Waals surface area contributed by atoms with E-state index in [1.54, 1.807) is 0 Å². The van der Waals surface area contributed by atoms with Crippen molar-refractivity contribution in [2.75, 3.05) is 5.32 Å². The van der Waals surface area contributed by atoms with E-state index in [0.29, 0.717) is 6.04 Å².